The molecule has 2 aliphatic heterocycles. The highest BCUT2D eigenvalue weighted by Crippen LogP contribution is 2.31. The van der Waals surface area contributed by atoms with E-state index in [0.29, 0.717) is 36.9 Å². The lowest BCUT2D eigenvalue weighted by molar-refractivity contribution is -0.169. The molecule has 0 radical (unpaired) electrons. The van der Waals surface area contributed by atoms with Gasteiger partial charge in [0.15, 0.2) is 0 Å². The molecule has 2 N–H and O–H groups in total. The number of hydrogen-bond donors (Lipinski definition) is 1. The molecule has 0 aromatic heterocycles. The van der Waals surface area contributed by atoms with E-state index in [0.717, 1.165) is 12.1 Å². The van der Waals surface area contributed by atoms with E-state index in [2.05, 4.69) is 0 Å². The number of halogens is 4. The average Bonchev–Trinajstić information content (AvgIpc) is 2.90. The van der Waals surface area contributed by atoms with Gasteiger partial charge >= 0.3 is 12.3 Å². The van der Waals surface area contributed by atoms with E-state index < -0.39 is 35.9 Å². The summed E-state index contributed by atoms with van der Waals surface area (Å²) in [6.07, 6.45) is -4.37. The average molecular weight is 551 g/mol. The number of nitrogens with two attached hydrogens (primary N) is 1. The van der Waals surface area contributed by atoms with Gasteiger partial charge in [-0.25, -0.2) is 9.18 Å². The van der Waals surface area contributed by atoms with Crippen LogP contribution in [0.1, 0.15) is 42.4 Å². The first-order chi connectivity index (χ1) is 18.6. The molecule has 2 atom stereocenters. The summed E-state index contributed by atoms with van der Waals surface area (Å²) in [6, 6.07) is 9.23. The number of rotatable bonds is 8. The molecule has 0 saturated carbocycles. The minimum atomic E-state index is -4.47. The molecule has 2 heterocycles. The van der Waals surface area contributed by atoms with E-state index in [1.54, 1.807) is 17.0 Å². The van der Waals surface area contributed by atoms with Gasteiger partial charge in [-0.1, -0.05) is 24.3 Å². The number of ether oxygens (including phenoxy) is 1. The Kier molecular flexibility index (Phi) is 8.73. The summed E-state index contributed by atoms with van der Waals surface area (Å²) < 4.78 is 57.3. The maximum Gasteiger partial charge on any atom is 0.416 e. The molecule has 210 valence electrons. The summed E-state index contributed by atoms with van der Waals surface area (Å²) in [5, 5.41) is 0. The smallest absolute Gasteiger partial charge is 0.416 e. The molecule has 2 aliphatic rings. The van der Waals surface area contributed by atoms with Crippen LogP contribution in [0.15, 0.2) is 48.5 Å². The molecule has 2 fully saturated rings. The summed E-state index contributed by atoms with van der Waals surface area (Å²) in [7, 11) is 0. The van der Waals surface area contributed by atoms with Crippen molar-refractivity contribution in [3.05, 3.63) is 71.0 Å². The summed E-state index contributed by atoms with van der Waals surface area (Å²) in [5.41, 5.74) is 5.88. The molecular weight excluding hydrogens is 520 g/mol. The molecule has 0 aliphatic carbocycles. The topological polar surface area (TPSA) is 96.2 Å². The van der Waals surface area contributed by atoms with Gasteiger partial charge in [-0.2, -0.15) is 13.2 Å². The molecule has 4 rings (SSSR count). The fourth-order valence-corrected chi connectivity index (χ4v) is 4.92. The van der Waals surface area contributed by atoms with Crippen LogP contribution < -0.4 is 5.73 Å². The third kappa shape index (κ3) is 6.67. The molecule has 0 spiro atoms. The molecular formula is C27H30F4N4O4. The van der Waals surface area contributed by atoms with Crippen LogP contribution in [-0.4, -0.2) is 64.4 Å². The zero-order valence-electron chi connectivity index (χ0n) is 21.2. The summed E-state index contributed by atoms with van der Waals surface area (Å²) >= 11 is 0. The first-order valence-corrected chi connectivity index (χ1v) is 12.7. The molecule has 2 aromatic rings. The molecule has 2 saturated heterocycles. The number of piperazine rings is 1. The van der Waals surface area contributed by atoms with Gasteiger partial charge in [-0.05, 0) is 61.2 Å². The van der Waals surface area contributed by atoms with Gasteiger partial charge in [0.2, 0.25) is 11.8 Å². The zero-order chi connectivity index (χ0) is 28.2. The lowest BCUT2D eigenvalue weighted by atomic mass is 9.98. The predicted molar refractivity (Wildman–Crippen MR) is 132 cm³/mol. The Labute approximate surface area is 223 Å². The van der Waals surface area contributed by atoms with Crippen LogP contribution in [-0.2, 0) is 33.7 Å². The minimum Gasteiger partial charge on any atom is -0.444 e. The molecule has 3 amide bonds. The van der Waals surface area contributed by atoms with Crippen molar-refractivity contribution in [3.8, 4) is 0 Å². The van der Waals surface area contributed by atoms with E-state index >= 15 is 0 Å². The number of carbonyl (C=O) groups is 3. The van der Waals surface area contributed by atoms with Gasteiger partial charge in [-0.3, -0.25) is 14.5 Å². The van der Waals surface area contributed by atoms with Crippen LogP contribution in [0.4, 0.5) is 22.4 Å². The number of amides is 3. The van der Waals surface area contributed by atoms with E-state index in [-0.39, 0.29) is 44.5 Å². The van der Waals surface area contributed by atoms with Crippen molar-refractivity contribution in [1.82, 2.24) is 14.7 Å². The molecule has 0 bridgehead atoms. The summed E-state index contributed by atoms with van der Waals surface area (Å²) in [4.78, 5) is 44.0. The SMILES string of the molecule is NCCCCC1C(=O)N(Cc2ccc(F)cc2)C[C@@H]2N(C(=O)OCc3ccc(C(F)(F)F)cc3)CCC(=O)N12. The van der Waals surface area contributed by atoms with Crippen molar-refractivity contribution in [2.45, 2.75) is 57.2 Å². The van der Waals surface area contributed by atoms with Gasteiger partial charge in [0, 0.05) is 19.5 Å². The van der Waals surface area contributed by atoms with Crippen LogP contribution in [0.2, 0.25) is 0 Å². The van der Waals surface area contributed by atoms with Crippen molar-refractivity contribution in [2.75, 3.05) is 19.6 Å². The zero-order valence-corrected chi connectivity index (χ0v) is 21.2. The highest BCUT2D eigenvalue weighted by Gasteiger charge is 2.48. The highest BCUT2D eigenvalue weighted by atomic mass is 19.4. The van der Waals surface area contributed by atoms with Crippen molar-refractivity contribution >= 4 is 17.9 Å². The van der Waals surface area contributed by atoms with Crippen LogP contribution in [0, 0.1) is 5.82 Å². The minimum absolute atomic E-state index is 0.00447. The Hall–Kier alpha value is -3.67. The van der Waals surface area contributed by atoms with Crippen LogP contribution in [0.3, 0.4) is 0 Å². The van der Waals surface area contributed by atoms with Gasteiger partial charge in [0.05, 0.1) is 12.1 Å². The molecule has 2 aromatic carbocycles. The van der Waals surface area contributed by atoms with Crippen LogP contribution in [0.5, 0.6) is 0 Å². The highest BCUT2D eigenvalue weighted by molar-refractivity contribution is 5.90. The van der Waals surface area contributed by atoms with Crippen LogP contribution in [0.25, 0.3) is 0 Å². The lowest BCUT2D eigenvalue weighted by Gasteiger charge is -2.52. The maximum atomic E-state index is 13.5. The Balaban J connectivity index is 1.52. The third-order valence-corrected chi connectivity index (χ3v) is 6.95. The first kappa shape index (κ1) is 28.3. The van der Waals surface area contributed by atoms with E-state index in [9.17, 15) is 31.9 Å². The Morgan fingerprint density at radius 1 is 1.00 bits per heavy atom. The van der Waals surface area contributed by atoms with Crippen molar-refractivity contribution in [3.63, 3.8) is 0 Å². The predicted octanol–water partition coefficient (Wildman–Crippen LogP) is 3.88. The Morgan fingerprint density at radius 3 is 2.31 bits per heavy atom. The van der Waals surface area contributed by atoms with Gasteiger partial charge in [0.25, 0.3) is 0 Å². The largest absolute Gasteiger partial charge is 0.444 e. The van der Waals surface area contributed by atoms with E-state index in [1.807, 2.05) is 0 Å². The quantitative estimate of drug-likeness (QED) is 0.398. The van der Waals surface area contributed by atoms with Crippen molar-refractivity contribution in [1.29, 1.82) is 0 Å². The second-order valence-electron chi connectivity index (χ2n) is 9.62. The van der Waals surface area contributed by atoms with Crippen molar-refractivity contribution in [2.24, 2.45) is 5.73 Å². The number of nitrogens with zero attached hydrogens (tertiary/aromatic N) is 3. The fraction of sp³-hybridized carbons (Fsp3) is 0.444. The lowest BCUT2D eigenvalue weighted by Crippen LogP contribution is -2.71. The third-order valence-electron chi connectivity index (χ3n) is 6.95. The monoisotopic (exact) mass is 550 g/mol. The number of carbonyl (C=O) groups excluding carboxylic acids is 3. The number of alkyl halides is 3. The Bertz CT molecular complexity index is 1170. The van der Waals surface area contributed by atoms with E-state index in [4.69, 9.17) is 10.5 Å². The number of hydrogen-bond acceptors (Lipinski definition) is 5. The second kappa shape index (κ2) is 12.0. The molecule has 39 heavy (non-hydrogen) atoms. The van der Waals surface area contributed by atoms with Gasteiger partial charge < -0.3 is 20.3 Å². The first-order valence-electron chi connectivity index (χ1n) is 12.7. The second-order valence-corrected chi connectivity index (χ2v) is 9.62. The van der Waals surface area contributed by atoms with Gasteiger partial charge in [0.1, 0.15) is 24.6 Å². The maximum absolute atomic E-state index is 13.5. The normalized spacial score (nSPS) is 19.8. The molecule has 8 nitrogen and oxygen atoms in total. The standard InChI is InChI=1S/C27H30F4N4O4/c28-21-10-6-18(7-11-21)15-33-16-23-34(14-12-24(36)35(23)22(25(33)37)3-1-2-13-32)26(38)39-17-19-4-8-20(9-5-19)27(29,30)31/h4-11,22-23H,1-3,12-17,32H2/t22?,23-/m1/s1. The van der Waals surface area contributed by atoms with Crippen LogP contribution >= 0.6 is 0 Å². The fourth-order valence-electron chi connectivity index (χ4n) is 4.92. The Morgan fingerprint density at radius 2 is 1.67 bits per heavy atom. The molecule has 12 heteroatoms. The summed E-state index contributed by atoms with van der Waals surface area (Å²) in [5.74, 6) is -0.922. The number of unbranched alkanes of at least 4 members (excludes halogenated alkanes) is 1. The van der Waals surface area contributed by atoms with E-state index in [1.165, 1.54) is 34.1 Å². The number of benzene rings is 2. The number of fused-ring (bicyclic) bond motifs is 1. The molecule has 1 unspecified atom stereocenters. The summed E-state index contributed by atoms with van der Waals surface area (Å²) in [6.45, 7) is 0.441. The van der Waals surface area contributed by atoms with Gasteiger partial charge in [-0.15, -0.1) is 0 Å². The van der Waals surface area contributed by atoms with Crippen molar-refractivity contribution < 1.29 is 36.7 Å².